The molecular weight excluding hydrogens is 366 g/mol. The van der Waals surface area contributed by atoms with E-state index in [9.17, 15) is 14.7 Å². The molecule has 1 spiro atoms. The van der Waals surface area contributed by atoms with Crippen LogP contribution < -0.4 is 5.32 Å². The molecule has 2 aliphatic heterocycles. The Morgan fingerprint density at radius 3 is 2.71 bits per heavy atom. The van der Waals surface area contributed by atoms with Crippen LogP contribution in [-0.2, 0) is 14.3 Å². The smallest absolute Gasteiger partial charge is 0.276 e. The molecule has 0 aliphatic carbocycles. The molecule has 3 rings (SSSR count). The van der Waals surface area contributed by atoms with E-state index >= 15 is 0 Å². The quantitative estimate of drug-likeness (QED) is 0.752. The van der Waals surface area contributed by atoms with Crippen LogP contribution in [0.15, 0.2) is 10.6 Å². The lowest BCUT2D eigenvalue weighted by Crippen LogP contribution is -2.69. The lowest BCUT2D eigenvalue weighted by Gasteiger charge is -2.53. The third kappa shape index (κ3) is 4.06. The second-order valence-electron chi connectivity index (χ2n) is 7.78. The first-order chi connectivity index (χ1) is 13.3. The Morgan fingerprint density at radius 2 is 2.11 bits per heavy atom. The molecule has 2 fully saturated rings. The van der Waals surface area contributed by atoms with E-state index < -0.39 is 17.2 Å². The number of likely N-dealkylation sites (tertiary alicyclic amines) is 1. The highest BCUT2D eigenvalue weighted by molar-refractivity contribution is 5.92. The maximum Gasteiger partial charge on any atom is 0.276 e. The highest BCUT2D eigenvalue weighted by Crippen LogP contribution is 2.40. The molecule has 2 amide bonds. The first-order valence-electron chi connectivity index (χ1n) is 9.73. The van der Waals surface area contributed by atoms with Gasteiger partial charge in [0.15, 0.2) is 5.69 Å². The molecule has 2 N–H and O–H groups in total. The number of piperidine rings is 1. The van der Waals surface area contributed by atoms with Crippen LogP contribution in [0, 0.1) is 6.92 Å². The van der Waals surface area contributed by atoms with Gasteiger partial charge in [0.2, 0.25) is 5.91 Å². The van der Waals surface area contributed by atoms with E-state index in [0.29, 0.717) is 51.3 Å². The second-order valence-corrected chi connectivity index (χ2v) is 7.78. The Hall–Kier alpha value is -1.97. The molecule has 2 atom stereocenters. The van der Waals surface area contributed by atoms with E-state index in [-0.39, 0.29) is 24.1 Å². The van der Waals surface area contributed by atoms with Gasteiger partial charge in [-0.2, -0.15) is 0 Å². The third-order valence-electron chi connectivity index (χ3n) is 5.72. The molecule has 1 aromatic rings. The molecule has 2 saturated heterocycles. The summed E-state index contributed by atoms with van der Waals surface area (Å²) in [7, 11) is 0. The fraction of sp³-hybridized carbons (Fsp3) is 0.737. The average Bonchev–Trinajstić information content (AvgIpc) is 3.11. The van der Waals surface area contributed by atoms with E-state index in [2.05, 4.69) is 10.5 Å². The van der Waals surface area contributed by atoms with E-state index in [1.54, 1.807) is 17.9 Å². The number of aliphatic hydroxyl groups excluding tert-OH is 1. The van der Waals surface area contributed by atoms with Crippen molar-refractivity contribution < 1.29 is 28.7 Å². The summed E-state index contributed by atoms with van der Waals surface area (Å²) < 4.78 is 16.1. The number of ether oxygens (including phenoxy) is 2. The summed E-state index contributed by atoms with van der Waals surface area (Å²) in [4.78, 5) is 26.4. The van der Waals surface area contributed by atoms with E-state index in [4.69, 9.17) is 14.0 Å². The van der Waals surface area contributed by atoms with Gasteiger partial charge in [0, 0.05) is 32.4 Å². The molecule has 28 heavy (non-hydrogen) atoms. The van der Waals surface area contributed by atoms with Crippen LogP contribution in [0.2, 0.25) is 0 Å². The fourth-order valence-corrected chi connectivity index (χ4v) is 4.08. The summed E-state index contributed by atoms with van der Waals surface area (Å²) in [5, 5.41) is 17.8. The van der Waals surface area contributed by atoms with Crippen LogP contribution in [0.3, 0.4) is 0 Å². The van der Waals surface area contributed by atoms with E-state index in [0.717, 1.165) is 0 Å². The third-order valence-corrected chi connectivity index (χ3v) is 5.72. The fourth-order valence-electron chi connectivity index (χ4n) is 4.08. The Kier molecular flexibility index (Phi) is 6.07. The molecule has 9 nitrogen and oxygen atoms in total. The van der Waals surface area contributed by atoms with Crippen molar-refractivity contribution in [3.8, 4) is 0 Å². The van der Waals surface area contributed by atoms with Gasteiger partial charge in [0.05, 0.1) is 11.1 Å². The highest BCUT2D eigenvalue weighted by Gasteiger charge is 2.54. The zero-order valence-electron chi connectivity index (χ0n) is 16.7. The van der Waals surface area contributed by atoms with Crippen molar-refractivity contribution in [2.75, 3.05) is 32.9 Å². The minimum atomic E-state index is -0.883. The molecule has 0 radical (unpaired) electrons. The van der Waals surface area contributed by atoms with Crippen LogP contribution in [0.1, 0.15) is 49.4 Å². The van der Waals surface area contributed by atoms with Gasteiger partial charge in [-0.05, 0) is 40.0 Å². The largest absolute Gasteiger partial charge is 0.388 e. The number of nitrogens with zero attached hydrogens (tertiary/aromatic N) is 2. The lowest BCUT2D eigenvalue weighted by atomic mass is 9.73. The van der Waals surface area contributed by atoms with Crippen molar-refractivity contribution in [2.45, 2.75) is 57.3 Å². The number of carbonyl (C=O) groups excluding carboxylic acids is 2. The Labute approximate surface area is 164 Å². The standard InChI is InChI=1S/C19H29N3O6/c1-4-26-12-15(23)20-18(3)7-10-27-19(17(18)25)5-8-22(9-6-19)16(24)14-11-13(2)28-21-14/h11,17,25H,4-10,12H2,1-3H3,(H,20,23)/t17-,18+/m1/s1. The molecule has 2 aliphatic rings. The highest BCUT2D eigenvalue weighted by atomic mass is 16.5. The van der Waals surface area contributed by atoms with Gasteiger partial charge < -0.3 is 29.3 Å². The number of hydrogen-bond donors (Lipinski definition) is 2. The van der Waals surface area contributed by atoms with Crippen LogP contribution >= 0.6 is 0 Å². The van der Waals surface area contributed by atoms with Crippen molar-refractivity contribution >= 4 is 11.8 Å². The van der Waals surface area contributed by atoms with Gasteiger partial charge in [-0.1, -0.05) is 5.16 Å². The predicted molar refractivity (Wildman–Crippen MR) is 98.7 cm³/mol. The Bertz CT molecular complexity index is 712. The minimum Gasteiger partial charge on any atom is -0.388 e. The van der Waals surface area contributed by atoms with Gasteiger partial charge in [0.1, 0.15) is 18.5 Å². The zero-order valence-corrected chi connectivity index (χ0v) is 16.7. The molecule has 0 unspecified atom stereocenters. The summed E-state index contributed by atoms with van der Waals surface area (Å²) in [5.74, 6) is 0.140. The monoisotopic (exact) mass is 395 g/mol. The maximum absolute atomic E-state index is 12.6. The number of amides is 2. The van der Waals surface area contributed by atoms with Crippen LogP contribution in [-0.4, -0.2) is 77.1 Å². The predicted octanol–water partition coefficient (Wildman–Crippen LogP) is 0.650. The lowest BCUT2D eigenvalue weighted by molar-refractivity contribution is -0.206. The number of rotatable bonds is 5. The first kappa shape index (κ1) is 20.8. The molecule has 1 aromatic heterocycles. The van der Waals surface area contributed by atoms with E-state index in [1.807, 2.05) is 13.8 Å². The number of nitrogens with one attached hydrogen (secondary N) is 1. The molecule has 3 heterocycles. The normalized spacial score (nSPS) is 27.0. The molecule has 0 saturated carbocycles. The van der Waals surface area contributed by atoms with Crippen molar-refractivity contribution in [3.63, 3.8) is 0 Å². The molecule has 0 aromatic carbocycles. The van der Waals surface area contributed by atoms with Crippen molar-refractivity contribution in [3.05, 3.63) is 17.5 Å². The Morgan fingerprint density at radius 1 is 1.39 bits per heavy atom. The molecule has 9 heteroatoms. The Balaban J connectivity index is 1.64. The van der Waals surface area contributed by atoms with Crippen LogP contribution in [0.25, 0.3) is 0 Å². The van der Waals surface area contributed by atoms with Crippen LogP contribution in [0.4, 0.5) is 0 Å². The summed E-state index contributed by atoms with van der Waals surface area (Å²) in [6.07, 6.45) is 0.585. The molecule has 156 valence electrons. The topological polar surface area (TPSA) is 114 Å². The number of aryl methyl sites for hydroxylation is 1. The number of aromatic nitrogens is 1. The summed E-state index contributed by atoms with van der Waals surface area (Å²) >= 11 is 0. The number of carbonyl (C=O) groups is 2. The average molecular weight is 395 g/mol. The van der Waals surface area contributed by atoms with Crippen molar-refractivity contribution in [1.29, 1.82) is 0 Å². The van der Waals surface area contributed by atoms with Gasteiger partial charge >= 0.3 is 0 Å². The van der Waals surface area contributed by atoms with Crippen LogP contribution in [0.5, 0.6) is 0 Å². The molecular formula is C19H29N3O6. The summed E-state index contributed by atoms with van der Waals surface area (Å²) in [5.41, 5.74) is -1.31. The number of aliphatic hydroxyl groups is 1. The van der Waals surface area contributed by atoms with Gasteiger partial charge in [-0.25, -0.2) is 0 Å². The maximum atomic E-state index is 12.6. The zero-order chi connectivity index (χ0) is 20.4. The first-order valence-corrected chi connectivity index (χ1v) is 9.73. The van der Waals surface area contributed by atoms with Crippen molar-refractivity contribution in [2.24, 2.45) is 0 Å². The summed E-state index contributed by atoms with van der Waals surface area (Å²) in [6, 6.07) is 1.61. The van der Waals surface area contributed by atoms with Gasteiger partial charge in [-0.3, -0.25) is 9.59 Å². The minimum absolute atomic E-state index is 0.0357. The molecule has 0 bridgehead atoms. The van der Waals surface area contributed by atoms with Gasteiger partial charge in [-0.15, -0.1) is 0 Å². The van der Waals surface area contributed by atoms with E-state index in [1.165, 1.54) is 0 Å². The summed E-state index contributed by atoms with van der Waals surface area (Å²) in [6.45, 7) is 7.11. The van der Waals surface area contributed by atoms with Crippen molar-refractivity contribution in [1.82, 2.24) is 15.4 Å². The number of hydrogen-bond acceptors (Lipinski definition) is 7. The van der Waals surface area contributed by atoms with Gasteiger partial charge in [0.25, 0.3) is 5.91 Å². The SMILES string of the molecule is CCOCC(=O)N[C@@]1(C)CCOC2(CCN(C(=O)c3cc(C)on3)CC2)[C@@H]1O. The second kappa shape index (κ2) is 8.18.